The fourth-order valence-corrected chi connectivity index (χ4v) is 1.85. The van der Waals surface area contributed by atoms with Crippen LogP contribution in [0.1, 0.15) is 19.5 Å². The Morgan fingerprint density at radius 1 is 1.53 bits per heavy atom. The number of hydrogen-bond acceptors (Lipinski definition) is 4. The van der Waals surface area contributed by atoms with Gasteiger partial charge in [0.1, 0.15) is 6.26 Å². The summed E-state index contributed by atoms with van der Waals surface area (Å²) in [4.78, 5) is 4.40. The van der Waals surface area contributed by atoms with Crippen LogP contribution in [0, 0.1) is 0 Å². The number of thiophene rings is 1. The Morgan fingerprint density at radius 2 is 2.40 bits per heavy atom. The summed E-state index contributed by atoms with van der Waals surface area (Å²) < 4.78 is 5.40. The molecule has 2 rings (SSSR count). The van der Waals surface area contributed by atoms with Gasteiger partial charge >= 0.3 is 0 Å². The van der Waals surface area contributed by atoms with Gasteiger partial charge in [0.25, 0.3) is 0 Å². The summed E-state index contributed by atoms with van der Waals surface area (Å²) in [6.45, 7) is 4.98. The fraction of sp³-hybridized carbons (Fsp3) is 0.364. The second-order valence-electron chi connectivity index (χ2n) is 3.69. The maximum Gasteiger partial charge on any atom is 0.227 e. The molecule has 2 aromatic heterocycles. The highest BCUT2D eigenvalue weighted by molar-refractivity contribution is 7.08. The highest BCUT2D eigenvalue weighted by Gasteiger charge is 2.06. The van der Waals surface area contributed by atoms with Crippen LogP contribution in [0.3, 0.4) is 0 Å². The van der Waals surface area contributed by atoms with E-state index in [0.29, 0.717) is 11.9 Å². The molecule has 0 aromatic carbocycles. The standard InChI is InChI=1S/C11H14N2OS/c1-8(2)12-5-10-6-14-11(13-10)9-3-4-15-7-9/h3-4,6-8,12H,5H2,1-2H3. The van der Waals surface area contributed by atoms with Crippen molar-refractivity contribution < 1.29 is 4.42 Å². The molecule has 2 aromatic rings. The number of aromatic nitrogens is 1. The summed E-state index contributed by atoms with van der Waals surface area (Å²) in [5, 5.41) is 7.35. The zero-order valence-corrected chi connectivity index (χ0v) is 9.67. The summed E-state index contributed by atoms with van der Waals surface area (Å²) in [6, 6.07) is 2.47. The van der Waals surface area contributed by atoms with Gasteiger partial charge in [0, 0.05) is 23.5 Å². The molecule has 0 atom stereocenters. The van der Waals surface area contributed by atoms with E-state index in [4.69, 9.17) is 4.42 Å². The Balaban J connectivity index is 2.04. The molecule has 1 N–H and O–H groups in total. The van der Waals surface area contributed by atoms with Crippen LogP contribution in [0.2, 0.25) is 0 Å². The lowest BCUT2D eigenvalue weighted by molar-refractivity contribution is 0.560. The van der Waals surface area contributed by atoms with Gasteiger partial charge in [-0.1, -0.05) is 13.8 Å². The first kappa shape index (κ1) is 10.4. The van der Waals surface area contributed by atoms with E-state index < -0.39 is 0 Å². The Bertz CT molecular complexity index is 406. The molecule has 0 saturated heterocycles. The quantitative estimate of drug-likeness (QED) is 0.864. The lowest BCUT2D eigenvalue weighted by Gasteiger charge is -2.03. The van der Waals surface area contributed by atoms with Crippen molar-refractivity contribution in [3.63, 3.8) is 0 Å². The Labute approximate surface area is 93.2 Å². The molecule has 15 heavy (non-hydrogen) atoms. The van der Waals surface area contributed by atoms with E-state index in [9.17, 15) is 0 Å². The van der Waals surface area contributed by atoms with Gasteiger partial charge < -0.3 is 9.73 Å². The minimum Gasteiger partial charge on any atom is -0.444 e. The number of nitrogens with one attached hydrogen (secondary N) is 1. The lowest BCUT2D eigenvalue weighted by Crippen LogP contribution is -2.21. The molecule has 0 spiro atoms. The van der Waals surface area contributed by atoms with Gasteiger partial charge in [-0.15, -0.1) is 0 Å². The van der Waals surface area contributed by atoms with E-state index in [1.807, 2.05) is 16.8 Å². The van der Waals surface area contributed by atoms with Crippen LogP contribution in [-0.2, 0) is 6.54 Å². The molecule has 4 heteroatoms. The summed E-state index contributed by atoms with van der Waals surface area (Å²) in [5.41, 5.74) is 2.00. The molecule has 0 amide bonds. The minimum absolute atomic E-state index is 0.464. The third kappa shape index (κ3) is 2.67. The first-order chi connectivity index (χ1) is 7.25. The van der Waals surface area contributed by atoms with Crippen molar-refractivity contribution >= 4 is 11.3 Å². The molecule has 0 bridgehead atoms. The maximum atomic E-state index is 5.40. The van der Waals surface area contributed by atoms with Crippen molar-refractivity contribution in [1.82, 2.24) is 10.3 Å². The van der Waals surface area contributed by atoms with Crippen LogP contribution in [-0.4, -0.2) is 11.0 Å². The smallest absolute Gasteiger partial charge is 0.227 e. The van der Waals surface area contributed by atoms with Gasteiger partial charge in [0.05, 0.1) is 5.69 Å². The predicted octanol–water partition coefficient (Wildman–Crippen LogP) is 2.90. The zero-order chi connectivity index (χ0) is 10.7. The summed E-state index contributed by atoms with van der Waals surface area (Å²) >= 11 is 1.65. The highest BCUT2D eigenvalue weighted by Crippen LogP contribution is 2.20. The lowest BCUT2D eigenvalue weighted by atomic mass is 10.3. The van der Waals surface area contributed by atoms with E-state index in [0.717, 1.165) is 17.8 Å². The Hall–Kier alpha value is -1.13. The molecule has 3 nitrogen and oxygen atoms in total. The first-order valence-corrected chi connectivity index (χ1v) is 5.90. The summed E-state index contributed by atoms with van der Waals surface area (Å²) in [5.74, 6) is 0.705. The topological polar surface area (TPSA) is 38.1 Å². The van der Waals surface area contributed by atoms with E-state index in [2.05, 4.69) is 24.1 Å². The molecule has 80 valence electrons. The van der Waals surface area contributed by atoms with Crippen molar-refractivity contribution in [1.29, 1.82) is 0 Å². The molecule has 0 fully saturated rings. The van der Waals surface area contributed by atoms with E-state index in [1.54, 1.807) is 17.6 Å². The van der Waals surface area contributed by atoms with Crippen molar-refractivity contribution in [2.24, 2.45) is 0 Å². The second-order valence-corrected chi connectivity index (χ2v) is 4.47. The third-order valence-electron chi connectivity index (χ3n) is 2.01. The average Bonchev–Trinajstić information content (AvgIpc) is 2.85. The van der Waals surface area contributed by atoms with Crippen LogP contribution in [0.15, 0.2) is 27.5 Å². The SMILES string of the molecule is CC(C)NCc1coc(-c2ccsc2)n1. The van der Waals surface area contributed by atoms with Crippen molar-refractivity contribution in [2.75, 3.05) is 0 Å². The molecular formula is C11H14N2OS. The van der Waals surface area contributed by atoms with Crippen molar-refractivity contribution in [3.8, 4) is 11.5 Å². The average molecular weight is 222 g/mol. The molecule has 0 aliphatic rings. The van der Waals surface area contributed by atoms with Crippen LogP contribution >= 0.6 is 11.3 Å². The summed E-state index contributed by atoms with van der Waals surface area (Å²) in [6.07, 6.45) is 1.71. The molecule has 0 aliphatic heterocycles. The second kappa shape index (κ2) is 4.59. The van der Waals surface area contributed by atoms with E-state index >= 15 is 0 Å². The van der Waals surface area contributed by atoms with Crippen LogP contribution in [0.5, 0.6) is 0 Å². The van der Waals surface area contributed by atoms with Crippen LogP contribution < -0.4 is 5.32 Å². The number of hydrogen-bond donors (Lipinski definition) is 1. The molecule has 0 aliphatic carbocycles. The van der Waals surface area contributed by atoms with Crippen molar-refractivity contribution in [3.05, 3.63) is 28.8 Å². The van der Waals surface area contributed by atoms with Gasteiger partial charge in [0.2, 0.25) is 5.89 Å². The van der Waals surface area contributed by atoms with Gasteiger partial charge in [-0.25, -0.2) is 4.98 Å². The molecule has 2 heterocycles. The largest absolute Gasteiger partial charge is 0.444 e. The van der Waals surface area contributed by atoms with Gasteiger partial charge in [-0.05, 0) is 11.4 Å². The first-order valence-electron chi connectivity index (χ1n) is 4.96. The third-order valence-corrected chi connectivity index (χ3v) is 2.69. The maximum absolute atomic E-state index is 5.40. The molecule has 0 saturated carbocycles. The number of nitrogens with zero attached hydrogens (tertiary/aromatic N) is 1. The monoisotopic (exact) mass is 222 g/mol. The van der Waals surface area contributed by atoms with Gasteiger partial charge in [0.15, 0.2) is 0 Å². The fourth-order valence-electron chi connectivity index (χ4n) is 1.22. The predicted molar refractivity (Wildman–Crippen MR) is 61.8 cm³/mol. The molecule has 0 radical (unpaired) electrons. The van der Waals surface area contributed by atoms with E-state index in [-0.39, 0.29) is 0 Å². The highest BCUT2D eigenvalue weighted by atomic mass is 32.1. The molecular weight excluding hydrogens is 208 g/mol. The van der Waals surface area contributed by atoms with Gasteiger partial charge in [-0.3, -0.25) is 0 Å². The van der Waals surface area contributed by atoms with Gasteiger partial charge in [-0.2, -0.15) is 11.3 Å². The number of oxazole rings is 1. The van der Waals surface area contributed by atoms with Crippen LogP contribution in [0.25, 0.3) is 11.5 Å². The van der Waals surface area contributed by atoms with E-state index in [1.165, 1.54) is 0 Å². The van der Waals surface area contributed by atoms with Crippen molar-refractivity contribution in [2.45, 2.75) is 26.4 Å². The normalized spacial score (nSPS) is 11.1. The summed E-state index contributed by atoms with van der Waals surface area (Å²) in [7, 11) is 0. The van der Waals surface area contributed by atoms with Crippen LogP contribution in [0.4, 0.5) is 0 Å². The minimum atomic E-state index is 0.464. The Kier molecular flexibility index (Phi) is 3.18. The number of rotatable bonds is 4. The molecule has 0 unspecified atom stereocenters. The zero-order valence-electron chi connectivity index (χ0n) is 8.86. The Morgan fingerprint density at radius 3 is 3.07 bits per heavy atom.